The second kappa shape index (κ2) is 6.30. The van der Waals surface area contributed by atoms with E-state index in [4.69, 9.17) is 31.8 Å². The molecule has 126 valence electrons. The number of aromatic nitrogens is 2. The number of esters is 1. The van der Waals surface area contributed by atoms with Gasteiger partial charge in [-0.05, 0) is 31.2 Å². The van der Waals surface area contributed by atoms with Gasteiger partial charge in [-0.25, -0.2) is 9.59 Å². The molecule has 0 amide bonds. The summed E-state index contributed by atoms with van der Waals surface area (Å²) in [5.74, 6) is -0.746. The molecule has 2 aromatic heterocycles. The van der Waals surface area contributed by atoms with Gasteiger partial charge in [-0.15, -0.1) is 0 Å². The van der Waals surface area contributed by atoms with E-state index >= 15 is 0 Å². The lowest BCUT2D eigenvalue weighted by atomic mass is 10.1. The average Bonchev–Trinajstić information content (AvgIpc) is 2.96. The van der Waals surface area contributed by atoms with Crippen molar-refractivity contribution in [1.82, 2.24) is 9.78 Å². The molecule has 0 radical (unpaired) electrons. The molecule has 1 aromatic carbocycles. The first kappa shape index (κ1) is 16.5. The number of benzene rings is 1. The molecule has 0 spiro atoms. The van der Waals surface area contributed by atoms with Gasteiger partial charge in [0.15, 0.2) is 11.3 Å². The summed E-state index contributed by atoms with van der Waals surface area (Å²) in [4.78, 5) is 24.2. The molecule has 0 saturated carbocycles. The van der Waals surface area contributed by atoms with Gasteiger partial charge in [-0.3, -0.25) is 0 Å². The lowest BCUT2D eigenvalue weighted by Gasteiger charge is -2.03. The molecule has 8 nitrogen and oxygen atoms in total. The van der Waals surface area contributed by atoms with Crippen molar-refractivity contribution in [3.8, 4) is 11.8 Å². The third kappa shape index (κ3) is 2.70. The van der Waals surface area contributed by atoms with E-state index in [1.807, 2.05) is 0 Å². The summed E-state index contributed by atoms with van der Waals surface area (Å²) in [6.45, 7) is 1.76. The first-order valence-corrected chi connectivity index (χ1v) is 7.54. The molecule has 0 bridgehead atoms. The zero-order valence-electron chi connectivity index (χ0n) is 12.9. The van der Waals surface area contributed by atoms with Gasteiger partial charge in [-0.2, -0.15) is 15.0 Å². The van der Waals surface area contributed by atoms with Gasteiger partial charge >= 0.3 is 11.6 Å². The number of hydrogen-bond acceptors (Lipinski definition) is 7. The molecular formula is C16H11ClN4O4. The zero-order valence-corrected chi connectivity index (χ0v) is 13.7. The molecule has 0 atom stereocenters. The van der Waals surface area contributed by atoms with E-state index < -0.39 is 17.2 Å². The molecule has 2 N–H and O–H groups in total. The van der Waals surface area contributed by atoms with Crippen molar-refractivity contribution in [3.05, 3.63) is 51.0 Å². The number of ether oxygens (including phenoxy) is 1. The maximum absolute atomic E-state index is 12.2. The highest BCUT2D eigenvalue weighted by Crippen LogP contribution is 2.28. The molecule has 0 aliphatic carbocycles. The summed E-state index contributed by atoms with van der Waals surface area (Å²) >= 11 is 5.87. The number of hydrogen-bond donors (Lipinski definition) is 1. The Balaban J connectivity index is 2.39. The Hall–Kier alpha value is -3.31. The molecular weight excluding hydrogens is 348 g/mol. The Kier molecular flexibility index (Phi) is 4.17. The quantitative estimate of drug-likeness (QED) is 0.712. The number of nitrogens with two attached hydrogens (primary N) is 1. The Bertz CT molecular complexity index is 1080. The molecule has 0 aliphatic rings. The number of carbonyl (C=O) groups is 1. The molecule has 0 fully saturated rings. The predicted octanol–water partition coefficient (Wildman–Crippen LogP) is 2.26. The summed E-state index contributed by atoms with van der Waals surface area (Å²) in [5, 5.41) is 13.8. The molecule has 0 aliphatic heterocycles. The molecule has 0 unspecified atom stereocenters. The van der Waals surface area contributed by atoms with Crippen LogP contribution in [0.3, 0.4) is 0 Å². The number of fused-ring (bicyclic) bond motifs is 1. The maximum Gasteiger partial charge on any atom is 0.359 e. The van der Waals surface area contributed by atoms with Crippen molar-refractivity contribution in [2.24, 2.45) is 0 Å². The van der Waals surface area contributed by atoms with Crippen molar-refractivity contribution in [2.45, 2.75) is 6.92 Å². The third-order valence-corrected chi connectivity index (χ3v) is 3.68. The molecule has 2 heterocycles. The smallest absolute Gasteiger partial charge is 0.359 e. The van der Waals surface area contributed by atoms with Crippen LogP contribution in [0, 0.1) is 11.3 Å². The van der Waals surface area contributed by atoms with Crippen LogP contribution >= 0.6 is 11.6 Å². The van der Waals surface area contributed by atoms with Crippen molar-refractivity contribution in [2.75, 3.05) is 12.3 Å². The number of nitrogens with zero attached hydrogens (tertiary/aromatic N) is 3. The number of nitrogen functional groups attached to an aromatic ring is 1. The van der Waals surface area contributed by atoms with Crippen molar-refractivity contribution < 1.29 is 13.9 Å². The van der Waals surface area contributed by atoms with Gasteiger partial charge in [0.05, 0.1) is 23.4 Å². The van der Waals surface area contributed by atoms with Gasteiger partial charge < -0.3 is 14.9 Å². The fourth-order valence-electron chi connectivity index (χ4n) is 2.32. The van der Waals surface area contributed by atoms with E-state index in [0.29, 0.717) is 10.7 Å². The Morgan fingerprint density at radius 1 is 1.44 bits per heavy atom. The summed E-state index contributed by atoms with van der Waals surface area (Å²) in [6, 6.07) is 8.14. The van der Waals surface area contributed by atoms with Gasteiger partial charge in [-0.1, -0.05) is 11.6 Å². The fourth-order valence-corrected chi connectivity index (χ4v) is 2.44. The minimum Gasteiger partial charge on any atom is -0.461 e. The van der Waals surface area contributed by atoms with E-state index in [2.05, 4.69) is 5.10 Å². The van der Waals surface area contributed by atoms with Crippen LogP contribution in [0.4, 0.5) is 5.69 Å². The SMILES string of the molecule is CCOC(=O)c1nn(-c2ccc(Cl)cc2)c2oc(=O)c(C#N)c(N)c12. The van der Waals surface area contributed by atoms with Gasteiger partial charge in [0, 0.05) is 5.02 Å². The first-order valence-electron chi connectivity index (χ1n) is 7.16. The Labute approximate surface area is 146 Å². The minimum atomic E-state index is -0.918. The molecule has 3 aromatic rings. The van der Waals surface area contributed by atoms with Gasteiger partial charge in [0.1, 0.15) is 6.07 Å². The lowest BCUT2D eigenvalue weighted by Crippen LogP contribution is -2.10. The number of rotatable bonds is 3. The molecule has 25 heavy (non-hydrogen) atoms. The van der Waals surface area contributed by atoms with E-state index in [1.54, 1.807) is 37.3 Å². The van der Waals surface area contributed by atoms with Crippen molar-refractivity contribution >= 4 is 34.4 Å². The van der Waals surface area contributed by atoms with Crippen LogP contribution in [-0.2, 0) is 4.74 Å². The molecule has 9 heteroatoms. The highest BCUT2D eigenvalue weighted by molar-refractivity contribution is 6.30. The fraction of sp³-hybridized carbons (Fsp3) is 0.125. The van der Waals surface area contributed by atoms with Crippen LogP contribution in [0.1, 0.15) is 23.0 Å². The van der Waals surface area contributed by atoms with Crippen LogP contribution in [0.5, 0.6) is 0 Å². The maximum atomic E-state index is 12.2. The van der Waals surface area contributed by atoms with Crippen LogP contribution < -0.4 is 11.4 Å². The monoisotopic (exact) mass is 358 g/mol. The minimum absolute atomic E-state index is 0.0459. The number of carbonyl (C=O) groups excluding carboxylic acids is 1. The number of halogens is 1. The normalized spacial score (nSPS) is 10.6. The highest BCUT2D eigenvalue weighted by Gasteiger charge is 2.26. The first-order chi connectivity index (χ1) is 12.0. The number of anilines is 1. The predicted molar refractivity (Wildman–Crippen MR) is 89.7 cm³/mol. The lowest BCUT2D eigenvalue weighted by molar-refractivity contribution is 0.0521. The van der Waals surface area contributed by atoms with Gasteiger partial charge in [0.25, 0.3) is 0 Å². The van der Waals surface area contributed by atoms with Crippen LogP contribution in [0.2, 0.25) is 5.02 Å². The highest BCUT2D eigenvalue weighted by atomic mass is 35.5. The summed E-state index contributed by atoms with van der Waals surface area (Å²) in [5.41, 5.74) is 4.69. The van der Waals surface area contributed by atoms with Crippen LogP contribution in [0.15, 0.2) is 33.5 Å². The third-order valence-electron chi connectivity index (χ3n) is 3.43. The summed E-state index contributed by atoms with van der Waals surface area (Å²) in [7, 11) is 0. The van der Waals surface area contributed by atoms with Crippen LogP contribution in [-0.4, -0.2) is 22.4 Å². The topological polar surface area (TPSA) is 124 Å². The zero-order chi connectivity index (χ0) is 18.1. The van der Waals surface area contributed by atoms with Crippen molar-refractivity contribution in [1.29, 1.82) is 5.26 Å². The second-order valence-electron chi connectivity index (χ2n) is 4.93. The molecule has 0 saturated heterocycles. The Morgan fingerprint density at radius 2 is 2.12 bits per heavy atom. The number of nitriles is 1. The van der Waals surface area contributed by atoms with Crippen LogP contribution in [0.25, 0.3) is 16.8 Å². The van der Waals surface area contributed by atoms with E-state index in [1.165, 1.54) is 4.68 Å². The molecule has 3 rings (SSSR count). The average molecular weight is 359 g/mol. The standard InChI is InChI=1S/C16H11ClN4O4/c1-2-24-16(23)13-11-12(19)10(7-18)15(22)25-14(11)21(20-13)9-5-3-8(17)4-6-9/h3-6H,2,19H2,1H3. The second-order valence-corrected chi connectivity index (χ2v) is 5.36. The summed E-state index contributed by atoms with van der Waals surface area (Å²) < 4.78 is 11.4. The Morgan fingerprint density at radius 3 is 2.72 bits per heavy atom. The van der Waals surface area contributed by atoms with E-state index in [-0.39, 0.29) is 29.1 Å². The van der Waals surface area contributed by atoms with E-state index in [9.17, 15) is 9.59 Å². The van der Waals surface area contributed by atoms with E-state index in [0.717, 1.165) is 0 Å². The largest absolute Gasteiger partial charge is 0.461 e. The van der Waals surface area contributed by atoms with Gasteiger partial charge in [0.2, 0.25) is 5.71 Å². The summed E-state index contributed by atoms with van der Waals surface area (Å²) in [6.07, 6.45) is 0. The van der Waals surface area contributed by atoms with Crippen molar-refractivity contribution in [3.63, 3.8) is 0 Å².